The predicted octanol–water partition coefficient (Wildman–Crippen LogP) is 5.74. The number of fused-ring (bicyclic) bond motifs is 2. The lowest BCUT2D eigenvalue weighted by atomic mass is 9.95. The minimum atomic E-state index is 0.0102. The second-order valence-corrected chi connectivity index (χ2v) is 8.07. The third-order valence-electron chi connectivity index (χ3n) is 5.91. The molecule has 0 saturated heterocycles. The molecular formula is C26H24O2. The van der Waals surface area contributed by atoms with Crippen molar-refractivity contribution in [2.75, 3.05) is 0 Å². The number of hydrogen-bond donors (Lipinski definition) is 0. The molecule has 0 saturated carbocycles. The first-order valence-corrected chi connectivity index (χ1v) is 9.63. The normalized spacial score (nSPS) is 13.1. The number of ketones is 1. The van der Waals surface area contributed by atoms with Gasteiger partial charge in [0.15, 0.2) is 11.2 Å². The highest BCUT2D eigenvalue weighted by Gasteiger charge is 2.30. The Balaban J connectivity index is 2.03. The van der Waals surface area contributed by atoms with E-state index in [1.807, 2.05) is 39.0 Å². The van der Waals surface area contributed by atoms with Crippen LogP contribution in [-0.4, -0.2) is 5.78 Å². The van der Waals surface area contributed by atoms with E-state index in [-0.39, 0.29) is 11.2 Å². The fraction of sp³-hybridized carbons (Fsp3) is 0.231. The summed E-state index contributed by atoms with van der Waals surface area (Å²) >= 11 is 0. The van der Waals surface area contributed by atoms with Gasteiger partial charge in [-0.25, -0.2) is 0 Å². The van der Waals surface area contributed by atoms with Gasteiger partial charge in [0.05, 0.1) is 0 Å². The van der Waals surface area contributed by atoms with Crippen molar-refractivity contribution in [3.63, 3.8) is 0 Å². The Labute approximate surface area is 165 Å². The van der Waals surface area contributed by atoms with Crippen LogP contribution in [0.1, 0.15) is 54.9 Å². The number of allylic oxidation sites excluding steroid dienone is 1. The van der Waals surface area contributed by atoms with E-state index in [2.05, 4.69) is 39.0 Å². The Morgan fingerprint density at radius 3 is 1.96 bits per heavy atom. The number of aryl methyl sites for hydroxylation is 5. The Morgan fingerprint density at radius 1 is 0.643 bits per heavy atom. The first kappa shape index (κ1) is 18.4. The Hall–Kier alpha value is -3.00. The van der Waals surface area contributed by atoms with E-state index in [1.165, 1.54) is 16.7 Å². The van der Waals surface area contributed by atoms with Crippen LogP contribution < -0.4 is 5.43 Å². The molecule has 0 amide bonds. The number of rotatable bonds is 1. The molecule has 1 aromatic rings. The summed E-state index contributed by atoms with van der Waals surface area (Å²) in [4.78, 5) is 26.1. The fourth-order valence-corrected chi connectivity index (χ4v) is 4.64. The smallest absolute Gasteiger partial charge is 0.194 e. The van der Waals surface area contributed by atoms with Gasteiger partial charge in [0.2, 0.25) is 0 Å². The molecule has 0 aliphatic heterocycles. The molecule has 0 N–H and O–H groups in total. The molecule has 3 aliphatic carbocycles. The Morgan fingerprint density at radius 2 is 1.25 bits per heavy atom. The van der Waals surface area contributed by atoms with E-state index < -0.39 is 0 Å². The SMILES string of the molecule is Cc1cc(C)c2ccc(C3=Cc4c(c(C)cc(C)c(=O)c4C)C3=O)c-2c(C)c1. The van der Waals surface area contributed by atoms with Gasteiger partial charge in [-0.15, -0.1) is 0 Å². The van der Waals surface area contributed by atoms with E-state index in [9.17, 15) is 9.59 Å². The second-order valence-electron chi connectivity index (χ2n) is 8.07. The lowest BCUT2D eigenvalue weighted by molar-refractivity contribution is 0.105. The average molecular weight is 368 g/mol. The molecule has 0 aromatic heterocycles. The zero-order valence-corrected chi connectivity index (χ0v) is 17.3. The maximum Gasteiger partial charge on any atom is 0.194 e. The quantitative estimate of drug-likeness (QED) is 0.549. The first-order chi connectivity index (χ1) is 13.2. The summed E-state index contributed by atoms with van der Waals surface area (Å²) in [6, 6.07) is 10.3. The van der Waals surface area contributed by atoms with Crippen LogP contribution in [0.4, 0.5) is 0 Å². The van der Waals surface area contributed by atoms with Crippen molar-refractivity contribution in [1.29, 1.82) is 0 Å². The van der Waals surface area contributed by atoms with E-state index in [0.717, 1.165) is 27.8 Å². The second kappa shape index (κ2) is 6.27. The van der Waals surface area contributed by atoms with Gasteiger partial charge in [-0.1, -0.05) is 35.9 Å². The highest BCUT2D eigenvalue weighted by molar-refractivity contribution is 6.39. The lowest BCUT2D eigenvalue weighted by Crippen LogP contribution is -2.06. The summed E-state index contributed by atoms with van der Waals surface area (Å²) in [7, 11) is 0. The molecule has 0 radical (unpaired) electrons. The van der Waals surface area contributed by atoms with Crippen molar-refractivity contribution in [3.05, 3.63) is 90.6 Å². The van der Waals surface area contributed by atoms with Crippen LogP contribution >= 0.6 is 0 Å². The molecule has 0 spiro atoms. The van der Waals surface area contributed by atoms with Crippen molar-refractivity contribution in [2.45, 2.75) is 41.5 Å². The zero-order chi connectivity index (χ0) is 20.3. The van der Waals surface area contributed by atoms with Crippen molar-refractivity contribution in [2.24, 2.45) is 0 Å². The minimum Gasteiger partial charge on any atom is -0.289 e. The van der Waals surface area contributed by atoms with Gasteiger partial charge < -0.3 is 0 Å². The molecule has 140 valence electrons. The van der Waals surface area contributed by atoms with E-state index in [4.69, 9.17) is 0 Å². The Bertz CT molecular complexity index is 1240. The molecule has 0 fully saturated rings. The third-order valence-corrected chi connectivity index (χ3v) is 5.91. The largest absolute Gasteiger partial charge is 0.289 e. The van der Waals surface area contributed by atoms with Crippen LogP contribution in [0.2, 0.25) is 0 Å². The number of carbonyl (C=O) groups excluding carboxylic acids is 1. The summed E-state index contributed by atoms with van der Waals surface area (Å²) in [6.45, 7) is 11.9. The van der Waals surface area contributed by atoms with Crippen LogP contribution in [0, 0.1) is 41.5 Å². The highest BCUT2D eigenvalue weighted by atomic mass is 16.1. The lowest BCUT2D eigenvalue weighted by Gasteiger charge is -2.07. The van der Waals surface area contributed by atoms with Gasteiger partial charge in [-0.2, -0.15) is 0 Å². The summed E-state index contributed by atoms with van der Waals surface area (Å²) in [5.41, 5.74) is 11.1. The maximum absolute atomic E-state index is 13.4. The molecule has 3 aliphatic rings. The standard InChI is InChI=1S/C26H24O2/c1-13-9-14(2)19-7-8-20(23(19)15(3)10-13)22-12-21-18(6)25(27)17(5)11-16(4)24(21)26(22)28/h7-12H,1-6H3. The summed E-state index contributed by atoms with van der Waals surface area (Å²) in [5.74, 6) is 0.0124. The van der Waals surface area contributed by atoms with Crippen LogP contribution in [0.3, 0.4) is 0 Å². The topological polar surface area (TPSA) is 34.1 Å². The molecule has 0 bridgehead atoms. The number of Topliss-reactive ketones (excluding diaryl/α,β-unsaturated/α-hetero) is 1. The fourth-order valence-electron chi connectivity index (χ4n) is 4.64. The molecule has 0 atom stereocenters. The van der Waals surface area contributed by atoms with Crippen LogP contribution in [0.15, 0.2) is 35.1 Å². The monoisotopic (exact) mass is 368 g/mol. The van der Waals surface area contributed by atoms with Gasteiger partial charge >= 0.3 is 0 Å². The molecule has 2 heteroatoms. The van der Waals surface area contributed by atoms with Crippen LogP contribution in [0.5, 0.6) is 0 Å². The molecule has 2 nitrogen and oxygen atoms in total. The minimum absolute atomic E-state index is 0.0102. The van der Waals surface area contributed by atoms with Crippen molar-refractivity contribution < 1.29 is 4.79 Å². The predicted molar refractivity (Wildman–Crippen MR) is 116 cm³/mol. The summed E-state index contributed by atoms with van der Waals surface area (Å²) in [6.07, 6.45) is 1.92. The van der Waals surface area contributed by atoms with Crippen LogP contribution in [-0.2, 0) is 0 Å². The third kappa shape index (κ3) is 2.56. The van der Waals surface area contributed by atoms with Gasteiger partial charge in [0.25, 0.3) is 0 Å². The molecule has 0 heterocycles. The van der Waals surface area contributed by atoms with Crippen molar-refractivity contribution in [3.8, 4) is 11.1 Å². The molecule has 0 unspecified atom stereocenters. The first-order valence-electron chi connectivity index (χ1n) is 9.63. The van der Waals surface area contributed by atoms with E-state index in [0.29, 0.717) is 22.3 Å². The van der Waals surface area contributed by atoms with E-state index in [1.54, 1.807) is 0 Å². The van der Waals surface area contributed by atoms with Crippen LogP contribution in [0.25, 0.3) is 22.8 Å². The molecular weight excluding hydrogens is 344 g/mol. The Kier molecular flexibility index (Phi) is 4.11. The number of carbonyl (C=O) groups is 1. The van der Waals surface area contributed by atoms with Gasteiger partial charge in [-0.3, -0.25) is 9.59 Å². The van der Waals surface area contributed by atoms with E-state index >= 15 is 0 Å². The zero-order valence-electron chi connectivity index (χ0n) is 17.3. The number of hydrogen-bond acceptors (Lipinski definition) is 2. The molecule has 4 rings (SSSR count). The highest BCUT2D eigenvalue weighted by Crippen LogP contribution is 2.42. The average Bonchev–Trinajstić information content (AvgIpc) is 3.16. The molecule has 28 heavy (non-hydrogen) atoms. The van der Waals surface area contributed by atoms with Gasteiger partial charge in [0, 0.05) is 16.7 Å². The van der Waals surface area contributed by atoms with Gasteiger partial charge in [0.1, 0.15) is 0 Å². The van der Waals surface area contributed by atoms with Crippen molar-refractivity contribution >= 4 is 17.4 Å². The maximum atomic E-state index is 13.4. The summed E-state index contributed by atoms with van der Waals surface area (Å²) in [5, 5.41) is 0. The summed E-state index contributed by atoms with van der Waals surface area (Å²) < 4.78 is 0. The van der Waals surface area contributed by atoms with Crippen molar-refractivity contribution in [1.82, 2.24) is 0 Å². The molecule has 1 aromatic carbocycles. The van der Waals surface area contributed by atoms with Gasteiger partial charge in [-0.05, 0) is 92.1 Å².